The fraction of sp³-hybridized carbons (Fsp3) is 0.323. The molecule has 0 saturated carbocycles. The van der Waals surface area contributed by atoms with Gasteiger partial charge in [0, 0.05) is 40.8 Å². The van der Waals surface area contributed by atoms with Crippen LogP contribution >= 0.6 is 0 Å². The Hall–Kier alpha value is -6.26. The van der Waals surface area contributed by atoms with Gasteiger partial charge < -0.3 is 5.11 Å². The van der Waals surface area contributed by atoms with Crippen LogP contribution in [0.4, 0.5) is 0 Å². The number of imidazole rings is 1. The van der Waals surface area contributed by atoms with E-state index in [4.69, 9.17) is 22.3 Å². The number of nitrogens with zero attached hydrogens (tertiary/aromatic N) is 3. The predicted molar refractivity (Wildman–Crippen MR) is 281 cm³/mol. The minimum Gasteiger partial charge on any atom is -0.507 e. The summed E-state index contributed by atoms with van der Waals surface area (Å²) >= 11 is 0. The Morgan fingerprint density at radius 2 is 1.08 bits per heavy atom. The Kier molecular flexibility index (Phi) is 9.02. The smallest absolute Gasteiger partial charge is 0.149 e. The summed E-state index contributed by atoms with van der Waals surface area (Å²) in [6.07, 6.45) is 1.63. The van der Waals surface area contributed by atoms with E-state index in [1.807, 2.05) is 66.7 Å². The molecule has 2 heterocycles. The molecule has 0 aliphatic rings. The number of rotatable bonds is 6. The van der Waals surface area contributed by atoms with Crippen LogP contribution in [0.15, 0.2) is 140 Å². The molecular weight excluding hydrogens is 803 g/mol. The van der Waals surface area contributed by atoms with Gasteiger partial charge in [0.2, 0.25) is 0 Å². The van der Waals surface area contributed by atoms with Gasteiger partial charge in [-0.15, -0.1) is 0 Å². The van der Waals surface area contributed by atoms with E-state index in [1.165, 1.54) is 12.1 Å². The van der Waals surface area contributed by atoms with E-state index in [0.717, 1.165) is 50.2 Å². The monoisotopic (exact) mass is 881 g/mol. The molecule has 0 radical (unpaired) electrons. The van der Waals surface area contributed by atoms with Crippen LogP contribution in [0.3, 0.4) is 0 Å². The number of aromatic hydroxyl groups is 1. The average molecular weight is 881 g/mol. The molecule has 8 aromatic rings. The van der Waals surface area contributed by atoms with Crippen molar-refractivity contribution in [1.82, 2.24) is 14.5 Å². The number of para-hydroxylation sites is 1. The number of hydrogen-bond acceptors (Lipinski definition) is 3. The summed E-state index contributed by atoms with van der Waals surface area (Å²) in [5.74, 6) is 0.500. The maximum Gasteiger partial charge on any atom is 0.149 e. The van der Waals surface area contributed by atoms with Crippen LogP contribution < -0.4 is 0 Å². The standard InChI is InChI=1S/C62H69N3O/c1-58(2,3)44-26-24-39(25-27-44)41-30-31-63-52(35-41)43-32-42(33-46(34-43)60(7,8)9)48-22-19-23-54-55(48)64-57(50-37-47(61(10,11)12)38-51(56(50)66)62(13,14)15)65(54)53-29-28-45(59(4,5)6)36-49(53)40-20-17-16-18-21-40/h16-38,66H,1-15H3/i7D3,8D3,9D3. The molecule has 0 aliphatic heterocycles. The third-order valence-corrected chi connectivity index (χ3v) is 12.7. The molecule has 6 aromatic carbocycles. The molecule has 0 atom stereocenters. The van der Waals surface area contributed by atoms with E-state index in [0.29, 0.717) is 44.8 Å². The number of benzene rings is 6. The average Bonchev–Trinajstić information content (AvgIpc) is 3.68. The van der Waals surface area contributed by atoms with E-state index >= 15 is 0 Å². The van der Waals surface area contributed by atoms with Crippen molar-refractivity contribution >= 4 is 11.0 Å². The lowest BCUT2D eigenvalue weighted by Gasteiger charge is -2.28. The Labute approximate surface area is 407 Å². The van der Waals surface area contributed by atoms with Crippen molar-refractivity contribution in [2.75, 3.05) is 0 Å². The van der Waals surface area contributed by atoms with Crippen molar-refractivity contribution in [3.63, 3.8) is 0 Å². The lowest BCUT2D eigenvalue weighted by atomic mass is 9.79. The van der Waals surface area contributed by atoms with Crippen molar-refractivity contribution < 1.29 is 17.4 Å². The van der Waals surface area contributed by atoms with Gasteiger partial charge in [-0.1, -0.05) is 189 Å². The van der Waals surface area contributed by atoms with Gasteiger partial charge in [-0.3, -0.25) is 9.55 Å². The second-order valence-electron chi connectivity index (χ2n) is 22.0. The molecule has 0 spiro atoms. The van der Waals surface area contributed by atoms with Crippen molar-refractivity contribution in [1.29, 1.82) is 0 Å². The molecular formula is C62H69N3O. The Morgan fingerprint density at radius 3 is 1.71 bits per heavy atom. The van der Waals surface area contributed by atoms with Gasteiger partial charge in [0.15, 0.2) is 0 Å². The SMILES string of the molecule is [2H]C([2H])([2H])C(c1cc(-c2cc(-c3ccc(C(C)(C)C)cc3)ccn2)cc(-c2cccc3c2nc(-c2cc(C(C)(C)C)cc(C(C)(C)C)c2O)n3-c2ccc(C(C)(C)C)cc2-c2ccccc2)c1)(C([2H])([2H])[2H])C([2H])([2H])[2H]. The second-order valence-corrected chi connectivity index (χ2v) is 22.0. The number of phenolic OH excluding ortho intramolecular Hbond substituents is 1. The van der Waals surface area contributed by atoms with Crippen molar-refractivity contribution in [2.24, 2.45) is 0 Å². The number of hydrogen-bond donors (Lipinski definition) is 1. The van der Waals surface area contributed by atoms with Gasteiger partial charge in [-0.25, -0.2) is 4.98 Å². The summed E-state index contributed by atoms with van der Waals surface area (Å²) in [7, 11) is 0. The number of phenols is 1. The van der Waals surface area contributed by atoms with Gasteiger partial charge in [-0.05, 0) is 120 Å². The zero-order valence-corrected chi connectivity index (χ0v) is 40.6. The quantitative estimate of drug-likeness (QED) is 0.181. The fourth-order valence-electron chi connectivity index (χ4n) is 8.69. The van der Waals surface area contributed by atoms with Gasteiger partial charge >= 0.3 is 0 Å². The number of fused-ring (bicyclic) bond motifs is 1. The molecule has 1 N–H and O–H groups in total. The Morgan fingerprint density at radius 1 is 0.455 bits per heavy atom. The minimum atomic E-state index is -3.54. The van der Waals surface area contributed by atoms with E-state index < -0.39 is 36.9 Å². The summed E-state index contributed by atoms with van der Waals surface area (Å²) < 4.78 is 81.6. The second kappa shape index (κ2) is 16.6. The van der Waals surface area contributed by atoms with Gasteiger partial charge in [0.05, 0.1) is 28.0 Å². The first-order valence-electron chi connectivity index (χ1n) is 27.4. The molecule has 0 saturated heterocycles. The highest BCUT2D eigenvalue weighted by atomic mass is 16.3. The molecule has 2 aromatic heterocycles. The zero-order valence-electron chi connectivity index (χ0n) is 49.6. The van der Waals surface area contributed by atoms with E-state index in [2.05, 4.69) is 136 Å². The van der Waals surface area contributed by atoms with Gasteiger partial charge in [0.25, 0.3) is 0 Å². The summed E-state index contributed by atoms with van der Waals surface area (Å²) in [6.45, 7) is 14.9. The zero-order chi connectivity index (χ0) is 55.2. The topological polar surface area (TPSA) is 50.9 Å². The third-order valence-electron chi connectivity index (χ3n) is 12.7. The lowest BCUT2D eigenvalue weighted by Crippen LogP contribution is -2.17. The summed E-state index contributed by atoms with van der Waals surface area (Å²) in [6, 6.07) is 42.6. The molecule has 338 valence electrons. The molecule has 0 bridgehead atoms. The van der Waals surface area contributed by atoms with E-state index in [1.54, 1.807) is 12.3 Å². The van der Waals surface area contributed by atoms with Crippen LogP contribution in [0, 0.1) is 0 Å². The molecule has 0 aliphatic carbocycles. The van der Waals surface area contributed by atoms with E-state index in [-0.39, 0.29) is 22.0 Å². The van der Waals surface area contributed by atoms with Gasteiger partial charge in [0.1, 0.15) is 11.6 Å². The molecule has 8 rings (SSSR count). The molecule has 4 heteroatoms. The highest BCUT2D eigenvalue weighted by Crippen LogP contribution is 2.46. The summed E-state index contributed by atoms with van der Waals surface area (Å²) in [5, 5.41) is 12.6. The molecule has 4 nitrogen and oxygen atoms in total. The Bertz CT molecular complexity index is 3390. The molecule has 0 fully saturated rings. The molecule has 0 unspecified atom stereocenters. The predicted octanol–water partition coefficient (Wildman–Crippen LogP) is 16.9. The first-order chi connectivity index (χ1) is 34.5. The van der Waals surface area contributed by atoms with Crippen LogP contribution in [-0.4, -0.2) is 19.6 Å². The van der Waals surface area contributed by atoms with Crippen molar-refractivity contribution in [3.8, 4) is 67.5 Å². The third kappa shape index (κ3) is 9.12. The lowest BCUT2D eigenvalue weighted by molar-refractivity contribution is 0.446. The maximum absolute atomic E-state index is 12.6. The highest BCUT2D eigenvalue weighted by Gasteiger charge is 2.30. The minimum absolute atomic E-state index is 0.0716. The first-order valence-corrected chi connectivity index (χ1v) is 22.9. The maximum atomic E-state index is 12.6. The van der Waals surface area contributed by atoms with Crippen molar-refractivity contribution in [3.05, 3.63) is 167 Å². The Balaban J connectivity index is 1.52. The summed E-state index contributed by atoms with van der Waals surface area (Å²) in [5.41, 5.74) is 6.49. The first kappa shape index (κ1) is 35.9. The molecule has 0 amide bonds. The van der Waals surface area contributed by atoms with Crippen LogP contribution in [0.1, 0.15) is 144 Å². The van der Waals surface area contributed by atoms with Gasteiger partial charge in [-0.2, -0.15) is 0 Å². The largest absolute Gasteiger partial charge is 0.507 e. The van der Waals surface area contributed by atoms with Crippen LogP contribution in [-0.2, 0) is 27.1 Å². The number of pyridine rings is 1. The molecule has 66 heavy (non-hydrogen) atoms. The fourth-order valence-corrected chi connectivity index (χ4v) is 8.69. The van der Waals surface area contributed by atoms with E-state index in [9.17, 15) is 5.11 Å². The highest BCUT2D eigenvalue weighted by molar-refractivity contribution is 5.98. The van der Waals surface area contributed by atoms with Crippen LogP contribution in [0.2, 0.25) is 0 Å². The van der Waals surface area contributed by atoms with Crippen LogP contribution in [0.5, 0.6) is 5.75 Å². The summed E-state index contributed by atoms with van der Waals surface area (Å²) in [4.78, 5) is 10.3. The normalized spacial score (nSPS) is 15.4. The van der Waals surface area contributed by atoms with Crippen molar-refractivity contribution in [2.45, 2.75) is 131 Å². The number of aromatic nitrogens is 3. The van der Waals surface area contributed by atoms with Crippen LogP contribution in [0.25, 0.3) is 72.7 Å².